The molecular weight excluding hydrogens is 304 g/mol. The Morgan fingerprint density at radius 3 is 2.50 bits per heavy atom. The van der Waals surface area contributed by atoms with Gasteiger partial charge in [-0.1, -0.05) is 12.1 Å². The minimum absolute atomic E-state index is 0.195. The van der Waals surface area contributed by atoms with Gasteiger partial charge in [0.15, 0.2) is 0 Å². The van der Waals surface area contributed by atoms with E-state index in [1.165, 1.54) is 7.11 Å². The van der Waals surface area contributed by atoms with Crippen molar-refractivity contribution in [1.82, 2.24) is 9.80 Å². The number of nitrogens with zero attached hydrogens (tertiary/aromatic N) is 2. The van der Waals surface area contributed by atoms with Crippen molar-refractivity contribution in [1.29, 1.82) is 0 Å². The Hall–Kier alpha value is -1.88. The molecule has 2 fully saturated rings. The molecule has 3 rings (SSSR count). The zero-order valence-corrected chi connectivity index (χ0v) is 14.4. The topological polar surface area (TPSA) is 49.9 Å². The van der Waals surface area contributed by atoms with E-state index in [2.05, 4.69) is 4.90 Å². The second-order valence-electron chi connectivity index (χ2n) is 6.77. The maximum atomic E-state index is 12.5. The van der Waals surface area contributed by atoms with Gasteiger partial charge in [0.25, 0.3) is 0 Å². The molecule has 2 aliphatic rings. The molecule has 2 aliphatic heterocycles. The van der Waals surface area contributed by atoms with E-state index >= 15 is 0 Å². The van der Waals surface area contributed by atoms with E-state index < -0.39 is 0 Å². The van der Waals surface area contributed by atoms with Gasteiger partial charge >= 0.3 is 5.97 Å². The largest absolute Gasteiger partial charge is 0.465 e. The van der Waals surface area contributed by atoms with Crippen molar-refractivity contribution >= 4 is 11.9 Å². The summed E-state index contributed by atoms with van der Waals surface area (Å²) in [6.45, 7) is 4.58. The summed E-state index contributed by atoms with van der Waals surface area (Å²) in [6, 6.07) is 7.60. The van der Waals surface area contributed by atoms with Gasteiger partial charge in [-0.25, -0.2) is 4.79 Å². The highest BCUT2D eigenvalue weighted by molar-refractivity contribution is 5.89. The lowest BCUT2D eigenvalue weighted by Gasteiger charge is -2.33. The average Bonchev–Trinajstić information content (AvgIpc) is 3.16. The van der Waals surface area contributed by atoms with E-state index in [4.69, 9.17) is 4.74 Å². The van der Waals surface area contributed by atoms with E-state index in [0.29, 0.717) is 11.5 Å². The van der Waals surface area contributed by atoms with Crippen molar-refractivity contribution in [3.63, 3.8) is 0 Å². The first-order valence-electron chi connectivity index (χ1n) is 8.86. The minimum atomic E-state index is -0.299. The molecule has 24 heavy (non-hydrogen) atoms. The lowest BCUT2D eigenvalue weighted by Crippen LogP contribution is -2.41. The molecule has 0 N–H and O–H groups in total. The van der Waals surface area contributed by atoms with E-state index in [0.717, 1.165) is 64.0 Å². The van der Waals surface area contributed by atoms with Gasteiger partial charge in [0, 0.05) is 25.6 Å². The van der Waals surface area contributed by atoms with Crippen molar-refractivity contribution < 1.29 is 14.3 Å². The Kier molecular flexibility index (Phi) is 5.51. The molecule has 0 atom stereocenters. The van der Waals surface area contributed by atoms with Crippen LogP contribution in [0.4, 0.5) is 0 Å². The van der Waals surface area contributed by atoms with Crippen molar-refractivity contribution in [3.05, 3.63) is 35.4 Å². The van der Waals surface area contributed by atoms with Crippen LogP contribution in [0.15, 0.2) is 24.3 Å². The summed E-state index contributed by atoms with van der Waals surface area (Å²) in [7, 11) is 1.40. The minimum Gasteiger partial charge on any atom is -0.465 e. The number of carbonyl (C=O) groups is 2. The van der Waals surface area contributed by atoms with Crippen molar-refractivity contribution in [2.24, 2.45) is 5.92 Å². The van der Waals surface area contributed by atoms with Crippen LogP contribution in [0.2, 0.25) is 0 Å². The highest BCUT2D eigenvalue weighted by Gasteiger charge is 2.29. The first-order chi connectivity index (χ1) is 11.7. The summed E-state index contributed by atoms with van der Waals surface area (Å²) in [6.07, 6.45) is 4.18. The van der Waals surface area contributed by atoms with Crippen molar-refractivity contribution in [3.8, 4) is 0 Å². The third-order valence-electron chi connectivity index (χ3n) is 5.11. The lowest BCUT2D eigenvalue weighted by atomic mass is 9.95. The highest BCUT2D eigenvalue weighted by atomic mass is 16.5. The number of likely N-dealkylation sites (tertiary alicyclic amines) is 2. The molecule has 0 aromatic heterocycles. The van der Waals surface area contributed by atoms with Crippen molar-refractivity contribution in [2.75, 3.05) is 33.3 Å². The van der Waals surface area contributed by atoms with Crippen LogP contribution in [-0.2, 0) is 16.1 Å². The molecule has 1 amide bonds. The molecule has 1 aromatic rings. The van der Waals surface area contributed by atoms with Crippen LogP contribution in [0.5, 0.6) is 0 Å². The number of esters is 1. The SMILES string of the molecule is COC(=O)c1cccc(CN2CCC(C(=O)N3CCCC3)CC2)c1. The number of hydrogen-bond donors (Lipinski definition) is 0. The van der Waals surface area contributed by atoms with Crippen LogP contribution in [-0.4, -0.2) is 55.0 Å². The van der Waals surface area contributed by atoms with E-state index in [-0.39, 0.29) is 11.9 Å². The fourth-order valence-electron chi connectivity index (χ4n) is 3.71. The normalized spacial score (nSPS) is 19.5. The summed E-state index contributed by atoms with van der Waals surface area (Å²) < 4.78 is 4.78. The Morgan fingerprint density at radius 1 is 1.12 bits per heavy atom. The molecule has 0 aliphatic carbocycles. The van der Waals surface area contributed by atoms with Crippen LogP contribution in [0.1, 0.15) is 41.6 Å². The van der Waals surface area contributed by atoms with Crippen LogP contribution in [0.3, 0.4) is 0 Å². The van der Waals surface area contributed by atoms with E-state index in [9.17, 15) is 9.59 Å². The molecule has 2 saturated heterocycles. The van der Waals surface area contributed by atoms with Crippen molar-refractivity contribution in [2.45, 2.75) is 32.2 Å². The number of carbonyl (C=O) groups excluding carboxylic acids is 2. The van der Waals surface area contributed by atoms with Gasteiger partial charge in [-0.2, -0.15) is 0 Å². The summed E-state index contributed by atoms with van der Waals surface area (Å²) in [5.74, 6) is 0.257. The summed E-state index contributed by atoms with van der Waals surface area (Å²) in [5, 5.41) is 0. The van der Waals surface area contributed by atoms with Crippen LogP contribution in [0, 0.1) is 5.92 Å². The van der Waals surface area contributed by atoms with Gasteiger partial charge in [-0.15, -0.1) is 0 Å². The Balaban J connectivity index is 1.52. The monoisotopic (exact) mass is 330 g/mol. The fraction of sp³-hybridized carbons (Fsp3) is 0.579. The fourth-order valence-corrected chi connectivity index (χ4v) is 3.71. The Bertz CT molecular complexity index is 588. The molecule has 0 radical (unpaired) electrons. The smallest absolute Gasteiger partial charge is 0.337 e. The molecule has 5 nitrogen and oxygen atoms in total. The predicted octanol–water partition coefficient (Wildman–Crippen LogP) is 2.31. The number of rotatable bonds is 4. The maximum absolute atomic E-state index is 12.5. The predicted molar refractivity (Wildman–Crippen MR) is 91.6 cm³/mol. The zero-order valence-electron chi connectivity index (χ0n) is 14.4. The number of benzene rings is 1. The highest BCUT2D eigenvalue weighted by Crippen LogP contribution is 2.23. The summed E-state index contributed by atoms with van der Waals surface area (Å²) in [4.78, 5) is 28.5. The Labute approximate surface area is 143 Å². The standard InChI is InChI=1S/C19H26N2O3/c1-24-19(23)17-6-4-5-15(13-17)14-20-11-7-16(8-12-20)18(22)21-9-2-3-10-21/h4-6,13,16H,2-3,7-12,14H2,1H3. The quantitative estimate of drug-likeness (QED) is 0.795. The van der Waals surface area contributed by atoms with Gasteiger partial charge in [0.05, 0.1) is 12.7 Å². The van der Waals surface area contributed by atoms with Gasteiger partial charge in [-0.3, -0.25) is 9.69 Å². The third-order valence-corrected chi connectivity index (χ3v) is 5.11. The molecule has 0 unspecified atom stereocenters. The van der Waals surface area contributed by atoms with Gasteiger partial charge in [0.1, 0.15) is 0 Å². The first kappa shape index (κ1) is 17.0. The van der Waals surface area contributed by atoms with Crippen LogP contribution in [0.25, 0.3) is 0 Å². The lowest BCUT2D eigenvalue weighted by molar-refractivity contribution is -0.136. The Morgan fingerprint density at radius 2 is 1.83 bits per heavy atom. The number of hydrogen-bond acceptors (Lipinski definition) is 4. The molecule has 5 heteroatoms. The third kappa shape index (κ3) is 3.96. The average molecular weight is 330 g/mol. The van der Waals surface area contributed by atoms with Gasteiger partial charge in [-0.05, 0) is 56.5 Å². The van der Waals surface area contributed by atoms with Crippen LogP contribution < -0.4 is 0 Å². The first-order valence-corrected chi connectivity index (χ1v) is 8.86. The number of amides is 1. The summed E-state index contributed by atoms with van der Waals surface area (Å²) >= 11 is 0. The maximum Gasteiger partial charge on any atom is 0.337 e. The van der Waals surface area contributed by atoms with Crippen LogP contribution >= 0.6 is 0 Å². The summed E-state index contributed by atoms with van der Waals surface area (Å²) in [5.41, 5.74) is 1.70. The van der Waals surface area contributed by atoms with Gasteiger partial charge in [0.2, 0.25) is 5.91 Å². The van der Waals surface area contributed by atoms with Gasteiger partial charge < -0.3 is 9.64 Å². The molecule has 0 saturated carbocycles. The molecule has 0 bridgehead atoms. The molecule has 2 heterocycles. The second-order valence-corrected chi connectivity index (χ2v) is 6.77. The van der Waals surface area contributed by atoms with E-state index in [1.54, 1.807) is 6.07 Å². The molecule has 130 valence electrons. The van der Waals surface area contributed by atoms with E-state index in [1.807, 2.05) is 23.1 Å². The number of piperidine rings is 1. The number of methoxy groups -OCH3 is 1. The zero-order chi connectivity index (χ0) is 16.9. The molecule has 1 aromatic carbocycles. The molecular formula is C19H26N2O3. The second kappa shape index (κ2) is 7.79. The molecule has 0 spiro atoms. The number of ether oxygens (including phenoxy) is 1.